The Morgan fingerprint density at radius 1 is 1.06 bits per heavy atom. The number of piperidine rings is 1. The van der Waals surface area contributed by atoms with Crippen LogP contribution in [0.15, 0.2) is 58.1 Å². The highest BCUT2D eigenvalue weighted by molar-refractivity contribution is 6.42. The molecule has 0 amide bonds. The van der Waals surface area contributed by atoms with Gasteiger partial charge in [0.05, 0.1) is 27.3 Å². The van der Waals surface area contributed by atoms with Gasteiger partial charge >= 0.3 is 5.69 Å². The predicted molar refractivity (Wildman–Crippen MR) is 122 cm³/mol. The Morgan fingerprint density at radius 2 is 1.78 bits per heavy atom. The van der Waals surface area contributed by atoms with Crippen LogP contribution in [0, 0.1) is 5.82 Å². The average molecular weight is 475 g/mol. The topological polar surface area (TPSA) is 56.2 Å². The lowest BCUT2D eigenvalue weighted by Crippen LogP contribution is -2.37. The standard InChI is InChI=1S/C23H21Cl2FN4O2/c24-17-11-20-21(12-18(17)25)30(23(31)29(20)14-22-27-7-10-32-22)16-5-8-28(9-6-16)13-15-3-1-2-4-19(15)26/h1-4,7,10-12,16H,5-6,8-9,13-14H2. The van der Waals surface area contributed by atoms with E-state index in [9.17, 15) is 9.18 Å². The van der Waals surface area contributed by atoms with Crippen molar-refractivity contribution in [2.75, 3.05) is 13.1 Å². The first-order valence-corrected chi connectivity index (χ1v) is 11.2. The number of likely N-dealkylation sites (tertiary alicyclic amines) is 1. The lowest BCUT2D eigenvalue weighted by atomic mass is 10.0. The normalized spacial score (nSPS) is 15.6. The van der Waals surface area contributed by atoms with E-state index in [0.717, 1.165) is 31.4 Å². The number of nitrogens with zero attached hydrogens (tertiary/aromatic N) is 4. The van der Waals surface area contributed by atoms with Gasteiger partial charge in [-0.15, -0.1) is 0 Å². The third-order valence-corrected chi connectivity index (χ3v) is 6.78. The van der Waals surface area contributed by atoms with Gasteiger partial charge in [-0.1, -0.05) is 41.4 Å². The van der Waals surface area contributed by atoms with Crippen molar-refractivity contribution in [3.63, 3.8) is 0 Å². The molecular weight excluding hydrogens is 454 g/mol. The molecule has 0 unspecified atom stereocenters. The highest BCUT2D eigenvalue weighted by Crippen LogP contribution is 2.32. The largest absolute Gasteiger partial charge is 0.447 e. The minimum Gasteiger partial charge on any atom is -0.447 e. The van der Waals surface area contributed by atoms with Gasteiger partial charge in [0.2, 0.25) is 5.89 Å². The minimum atomic E-state index is -0.188. The van der Waals surface area contributed by atoms with Gasteiger partial charge in [-0.3, -0.25) is 14.0 Å². The zero-order valence-electron chi connectivity index (χ0n) is 17.2. The molecule has 1 aliphatic rings. The number of benzene rings is 2. The molecule has 0 bridgehead atoms. The van der Waals surface area contributed by atoms with E-state index < -0.39 is 0 Å². The van der Waals surface area contributed by atoms with Crippen LogP contribution in [0.25, 0.3) is 11.0 Å². The molecule has 4 aromatic rings. The van der Waals surface area contributed by atoms with Crippen LogP contribution in [0.2, 0.25) is 10.0 Å². The average Bonchev–Trinajstić information content (AvgIpc) is 3.38. The first-order valence-electron chi connectivity index (χ1n) is 10.4. The molecule has 6 nitrogen and oxygen atoms in total. The van der Waals surface area contributed by atoms with Crippen LogP contribution in [0.3, 0.4) is 0 Å². The van der Waals surface area contributed by atoms with Gasteiger partial charge in [-0.25, -0.2) is 14.2 Å². The number of fused-ring (bicyclic) bond motifs is 1. The molecule has 0 aliphatic carbocycles. The Labute approximate surface area is 193 Å². The van der Waals surface area contributed by atoms with Gasteiger partial charge in [-0.05, 0) is 31.0 Å². The van der Waals surface area contributed by atoms with E-state index in [1.54, 1.807) is 33.5 Å². The second kappa shape index (κ2) is 8.73. The zero-order chi connectivity index (χ0) is 22.2. The van der Waals surface area contributed by atoms with Gasteiger partial charge in [-0.2, -0.15) is 0 Å². The molecular formula is C23H21Cl2FN4O2. The summed E-state index contributed by atoms with van der Waals surface area (Å²) in [7, 11) is 0. The quantitative estimate of drug-likeness (QED) is 0.402. The van der Waals surface area contributed by atoms with Crippen LogP contribution in [0.1, 0.15) is 30.3 Å². The van der Waals surface area contributed by atoms with Gasteiger partial charge in [0.1, 0.15) is 18.6 Å². The lowest BCUT2D eigenvalue weighted by molar-refractivity contribution is 0.177. The van der Waals surface area contributed by atoms with Crippen molar-refractivity contribution in [1.29, 1.82) is 0 Å². The summed E-state index contributed by atoms with van der Waals surface area (Å²) in [5, 5.41) is 0.787. The molecule has 166 valence electrons. The third kappa shape index (κ3) is 3.96. The van der Waals surface area contributed by atoms with Crippen LogP contribution in [-0.4, -0.2) is 32.1 Å². The van der Waals surface area contributed by atoms with Crippen molar-refractivity contribution in [2.24, 2.45) is 0 Å². The molecule has 9 heteroatoms. The molecule has 5 rings (SSSR count). The molecule has 32 heavy (non-hydrogen) atoms. The van der Waals surface area contributed by atoms with E-state index in [2.05, 4.69) is 9.88 Å². The van der Waals surface area contributed by atoms with Gasteiger partial charge in [0.15, 0.2) is 0 Å². The number of hydrogen-bond donors (Lipinski definition) is 0. The van der Waals surface area contributed by atoms with Crippen molar-refractivity contribution < 1.29 is 8.81 Å². The second-order valence-electron chi connectivity index (χ2n) is 8.02. The Bertz CT molecular complexity index is 1310. The molecule has 0 spiro atoms. The van der Waals surface area contributed by atoms with E-state index in [1.165, 1.54) is 12.3 Å². The number of aromatic nitrogens is 3. The third-order valence-electron chi connectivity index (χ3n) is 6.06. The van der Waals surface area contributed by atoms with Gasteiger partial charge < -0.3 is 4.42 Å². The summed E-state index contributed by atoms with van der Waals surface area (Å²) in [4.78, 5) is 19.8. The van der Waals surface area contributed by atoms with Gasteiger partial charge in [0, 0.05) is 31.2 Å². The molecule has 1 fully saturated rings. The molecule has 0 radical (unpaired) electrons. The second-order valence-corrected chi connectivity index (χ2v) is 8.83. The predicted octanol–water partition coefficient (Wildman–Crippen LogP) is 5.12. The van der Waals surface area contributed by atoms with Crippen LogP contribution < -0.4 is 5.69 Å². The first kappa shape index (κ1) is 21.2. The molecule has 3 heterocycles. The van der Waals surface area contributed by atoms with E-state index in [4.69, 9.17) is 27.6 Å². The summed E-state index contributed by atoms with van der Waals surface area (Å²) in [5.74, 6) is 0.254. The molecule has 0 N–H and O–H groups in total. The summed E-state index contributed by atoms with van der Waals surface area (Å²) < 4.78 is 22.8. The highest BCUT2D eigenvalue weighted by Gasteiger charge is 2.26. The number of imidazole rings is 1. The van der Waals surface area contributed by atoms with Crippen LogP contribution in [-0.2, 0) is 13.1 Å². The van der Waals surface area contributed by atoms with Crippen molar-refractivity contribution >= 4 is 34.2 Å². The van der Waals surface area contributed by atoms with Crippen molar-refractivity contribution in [3.8, 4) is 0 Å². The van der Waals surface area contributed by atoms with Gasteiger partial charge in [0.25, 0.3) is 0 Å². The van der Waals surface area contributed by atoms with E-state index in [0.29, 0.717) is 33.6 Å². The van der Waals surface area contributed by atoms with E-state index in [1.807, 2.05) is 12.1 Å². The van der Waals surface area contributed by atoms with Crippen LogP contribution in [0.5, 0.6) is 0 Å². The SMILES string of the molecule is O=c1n(Cc2ncco2)c2cc(Cl)c(Cl)cc2n1C1CCN(Cc2ccccc2F)CC1. The number of oxazole rings is 1. The molecule has 0 atom stereocenters. The molecule has 2 aromatic heterocycles. The summed E-state index contributed by atoms with van der Waals surface area (Å²) in [6.45, 7) is 2.29. The highest BCUT2D eigenvalue weighted by atomic mass is 35.5. The molecule has 2 aromatic carbocycles. The van der Waals surface area contributed by atoms with Crippen LogP contribution >= 0.6 is 23.2 Å². The number of hydrogen-bond acceptors (Lipinski definition) is 4. The summed E-state index contributed by atoms with van der Waals surface area (Å²) in [6.07, 6.45) is 4.57. The molecule has 1 saturated heterocycles. The summed E-state index contributed by atoms with van der Waals surface area (Å²) in [6, 6.07) is 10.3. The van der Waals surface area contributed by atoms with Crippen LogP contribution in [0.4, 0.5) is 4.39 Å². The van der Waals surface area contributed by atoms with E-state index >= 15 is 0 Å². The van der Waals surface area contributed by atoms with Crippen molar-refractivity contribution in [2.45, 2.75) is 32.0 Å². The zero-order valence-corrected chi connectivity index (χ0v) is 18.7. The maximum atomic E-state index is 14.0. The van der Waals surface area contributed by atoms with Crippen molar-refractivity contribution in [3.05, 3.63) is 86.7 Å². The summed E-state index contributed by atoms with van der Waals surface area (Å²) >= 11 is 12.6. The minimum absolute atomic E-state index is 0.00456. The fourth-order valence-electron chi connectivity index (χ4n) is 4.45. The number of rotatable bonds is 5. The lowest BCUT2D eigenvalue weighted by Gasteiger charge is -2.32. The molecule has 0 saturated carbocycles. The summed E-state index contributed by atoms with van der Waals surface area (Å²) in [5.41, 5.74) is 1.97. The fraction of sp³-hybridized carbons (Fsp3) is 0.304. The Hall–Kier alpha value is -2.61. The monoisotopic (exact) mass is 474 g/mol. The Balaban J connectivity index is 1.44. The first-order chi connectivity index (χ1) is 15.5. The molecule has 1 aliphatic heterocycles. The van der Waals surface area contributed by atoms with Crippen molar-refractivity contribution in [1.82, 2.24) is 19.0 Å². The Morgan fingerprint density at radius 3 is 2.47 bits per heavy atom. The smallest absolute Gasteiger partial charge is 0.329 e. The maximum absolute atomic E-state index is 14.0. The fourth-order valence-corrected chi connectivity index (χ4v) is 4.76. The number of halogens is 3. The maximum Gasteiger partial charge on any atom is 0.329 e. The van der Waals surface area contributed by atoms with E-state index in [-0.39, 0.29) is 24.1 Å². The Kier molecular flexibility index (Phi) is 5.80.